The second-order valence-electron chi connectivity index (χ2n) is 9.26. The minimum Gasteiger partial charge on any atom is -0.396 e. The standard InChI is InChI=1S/C21H28N6O2/c28-10-13-7-17(16-8-15(13)16)27-12-24-19-20(22-11-23-21(19)27)25-5-1-3-14(9-25)26-6-2-4-18(26)29/h11-17,28H,1-10H2/t13-,14?,15-,16-,17-/m0/s1. The number of imidazole rings is 1. The Kier molecular flexibility index (Phi) is 4.04. The number of aliphatic hydroxyl groups is 1. The van der Waals surface area contributed by atoms with Crippen molar-refractivity contribution in [2.75, 3.05) is 31.1 Å². The van der Waals surface area contributed by atoms with Crippen molar-refractivity contribution in [2.45, 2.75) is 50.6 Å². The Morgan fingerprint density at radius 3 is 2.83 bits per heavy atom. The number of anilines is 1. The van der Waals surface area contributed by atoms with Gasteiger partial charge < -0.3 is 19.5 Å². The summed E-state index contributed by atoms with van der Waals surface area (Å²) >= 11 is 0. The molecule has 0 aromatic carbocycles. The van der Waals surface area contributed by atoms with Crippen LogP contribution in [0.2, 0.25) is 0 Å². The van der Waals surface area contributed by atoms with E-state index in [4.69, 9.17) is 4.98 Å². The monoisotopic (exact) mass is 396 g/mol. The molecular formula is C21H28N6O2. The summed E-state index contributed by atoms with van der Waals surface area (Å²) < 4.78 is 2.23. The van der Waals surface area contributed by atoms with Gasteiger partial charge in [-0.15, -0.1) is 0 Å². The van der Waals surface area contributed by atoms with Crippen LogP contribution in [0.15, 0.2) is 12.7 Å². The molecule has 0 bridgehead atoms. The molecule has 154 valence electrons. The van der Waals surface area contributed by atoms with Crippen molar-refractivity contribution in [2.24, 2.45) is 17.8 Å². The summed E-state index contributed by atoms with van der Waals surface area (Å²) in [7, 11) is 0. The van der Waals surface area contributed by atoms with E-state index < -0.39 is 0 Å². The lowest BCUT2D eigenvalue weighted by Gasteiger charge is -2.38. The molecule has 4 heterocycles. The van der Waals surface area contributed by atoms with Crippen LogP contribution in [0.25, 0.3) is 11.2 Å². The van der Waals surface area contributed by atoms with Crippen LogP contribution in [-0.4, -0.2) is 67.7 Å². The van der Waals surface area contributed by atoms with Gasteiger partial charge in [0, 0.05) is 44.7 Å². The number of likely N-dealkylation sites (tertiary alicyclic amines) is 1. The van der Waals surface area contributed by atoms with Gasteiger partial charge in [0.2, 0.25) is 5.91 Å². The number of hydrogen-bond donors (Lipinski definition) is 1. The molecule has 8 heteroatoms. The third kappa shape index (κ3) is 2.75. The molecule has 5 atom stereocenters. The number of rotatable bonds is 4. The highest BCUT2D eigenvalue weighted by Gasteiger charge is 2.54. The molecule has 8 nitrogen and oxygen atoms in total. The average molecular weight is 396 g/mol. The predicted octanol–water partition coefficient (Wildman–Crippen LogP) is 1.61. The Morgan fingerprint density at radius 2 is 2.03 bits per heavy atom. The van der Waals surface area contributed by atoms with Gasteiger partial charge in [-0.1, -0.05) is 0 Å². The normalized spacial score (nSPS) is 34.2. The number of nitrogens with zero attached hydrogens (tertiary/aromatic N) is 6. The van der Waals surface area contributed by atoms with Crippen LogP contribution in [0, 0.1) is 17.8 Å². The Hall–Kier alpha value is -2.22. The number of fused-ring (bicyclic) bond motifs is 2. The van der Waals surface area contributed by atoms with E-state index >= 15 is 0 Å². The van der Waals surface area contributed by atoms with Crippen molar-refractivity contribution in [3.8, 4) is 0 Å². The van der Waals surface area contributed by atoms with E-state index in [9.17, 15) is 9.90 Å². The third-order valence-electron chi connectivity index (χ3n) is 7.71. The molecule has 1 unspecified atom stereocenters. The summed E-state index contributed by atoms with van der Waals surface area (Å²) in [6.07, 6.45) is 9.61. The summed E-state index contributed by atoms with van der Waals surface area (Å²) in [5.74, 6) is 2.94. The molecule has 2 aliphatic heterocycles. The van der Waals surface area contributed by atoms with E-state index in [1.54, 1.807) is 6.33 Å². The summed E-state index contributed by atoms with van der Waals surface area (Å²) in [4.78, 5) is 30.5. The first-order chi connectivity index (χ1) is 14.2. The predicted molar refractivity (Wildman–Crippen MR) is 107 cm³/mol. The van der Waals surface area contributed by atoms with E-state index in [2.05, 4.69) is 24.3 Å². The lowest BCUT2D eigenvalue weighted by molar-refractivity contribution is -0.129. The Labute approximate surface area is 169 Å². The average Bonchev–Trinajstić information content (AvgIpc) is 3.08. The number of aromatic nitrogens is 4. The summed E-state index contributed by atoms with van der Waals surface area (Å²) in [5, 5.41) is 9.65. The van der Waals surface area contributed by atoms with Crippen molar-refractivity contribution in [1.82, 2.24) is 24.4 Å². The molecule has 2 saturated carbocycles. The molecule has 1 amide bonds. The molecule has 2 aromatic rings. The SMILES string of the molecule is O=C1CCCN1C1CCCN(c2ncnc3c2ncn3[C@H]2C[C@@H](CO)[C@@H]3C[C@@H]32)C1. The van der Waals surface area contributed by atoms with Gasteiger partial charge in [-0.05, 0) is 49.9 Å². The number of carbonyl (C=O) groups is 1. The minimum absolute atomic E-state index is 0.276. The minimum atomic E-state index is 0.276. The molecular weight excluding hydrogens is 368 g/mol. The first-order valence-corrected chi connectivity index (χ1v) is 11.1. The lowest BCUT2D eigenvalue weighted by atomic mass is 10.0. The van der Waals surface area contributed by atoms with Crippen LogP contribution >= 0.6 is 0 Å². The van der Waals surface area contributed by atoms with Gasteiger partial charge in [0.05, 0.1) is 6.33 Å². The topological polar surface area (TPSA) is 87.4 Å². The van der Waals surface area contributed by atoms with Crippen molar-refractivity contribution in [3.05, 3.63) is 12.7 Å². The Morgan fingerprint density at radius 1 is 1.10 bits per heavy atom. The fraction of sp³-hybridized carbons (Fsp3) is 0.714. The summed E-state index contributed by atoms with van der Waals surface area (Å²) in [5.41, 5.74) is 1.77. The fourth-order valence-electron chi connectivity index (χ4n) is 6.18. The molecule has 29 heavy (non-hydrogen) atoms. The molecule has 2 saturated heterocycles. The van der Waals surface area contributed by atoms with Gasteiger partial charge in [-0.2, -0.15) is 0 Å². The molecule has 1 N–H and O–H groups in total. The van der Waals surface area contributed by atoms with Crippen LogP contribution < -0.4 is 4.90 Å². The van der Waals surface area contributed by atoms with Crippen LogP contribution in [0.4, 0.5) is 5.82 Å². The fourth-order valence-corrected chi connectivity index (χ4v) is 6.18. The third-order valence-corrected chi connectivity index (χ3v) is 7.71. The molecule has 0 radical (unpaired) electrons. The molecule has 6 rings (SSSR count). The number of amides is 1. The Bertz CT molecular complexity index is 944. The van der Waals surface area contributed by atoms with E-state index in [1.807, 2.05) is 6.33 Å². The van der Waals surface area contributed by atoms with Crippen LogP contribution in [-0.2, 0) is 4.79 Å². The highest BCUT2D eigenvalue weighted by molar-refractivity contribution is 5.83. The maximum absolute atomic E-state index is 12.2. The molecule has 0 spiro atoms. The highest BCUT2D eigenvalue weighted by atomic mass is 16.3. The second-order valence-corrected chi connectivity index (χ2v) is 9.26. The molecule has 4 fully saturated rings. The lowest BCUT2D eigenvalue weighted by Crippen LogP contribution is -2.48. The van der Waals surface area contributed by atoms with Gasteiger partial charge in [-0.25, -0.2) is 15.0 Å². The summed E-state index contributed by atoms with van der Waals surface area (Å²) in [6.45, 7) is 2.94. The van der Waals surface area contributed by atoms with Crippen LogP contribution in [0.1, 0.15) is 44.6 Å². The molecule has 2 aliphatic carbocycles. The largest absolute Gasteiger partial charge is 0.396 e. The van der Waals surface area contributed by atoms with Crippen molar-refractivity contribution >= 4 is 22.9 Å². The smallest absolute Gasteiger partial charge is 0.222 e. The van der Waals surface area contributed by atoms with E-state index in [0.717, 1.165) is 62.3 Å². The van der Waals surface area contributed by atoms with Crippen molar-refractivity contribution in [3.63, 3.8) is 0 Å². The number of hydrogen-bond acceptors (Lipinski definition) is 6. The summed E-state index contributed by atoms with van der Waals surface area (Å²) in [6, 6.07) is 0.666. The van der Waals surface area contributed by atoms with E-state index in [-0.39, 0.29) is 12.6 Å². The quantitative estimate of drug-likeness (QED) is 0.845. The van der Waals surface area contributed by atoms with Gasteiger partial charge in [0.15, 0.2) is 17.0 Å². The maximum atomic E-state index is 12.2. The first-order valence-electron chi connectivity index (χ1n) is 11.1. The zero-order valence-electron chi connectivity index (χ0n) is 16.7. The zero-order valence-corrected chi connectivity index (χ0v) is 16.7. The van der Waals surface area contributed by atoms with Gasteiger partial charge >= 0.3 is 0 Å². The molecule has 4 aliphatic rings. The highest BCUT2D eigenvalue weighted by Crippen LogP contribution is 2.60. The van der Waals surface area contributed by atoms with Gasteiger partial charge in [0.25, 0.3) is 0 Å². The zero-order chi connectivity index (χ0) is 19.5. The van der Waals surface area contributed by atoms with E-state index in [0.29, 0.717) is 36.1 Å². The molecule has 2 aromatic heterocycles. The number of aliphatic hydroxyl groups excluding tert-OH is 1. The van der Waals surface area contributed by atoms with Gasteiger partial charge in [-0.3, -0.25) is 4.79 Å². The van der Waals surface area contributed by atoms with E-state index in [1.165, 1.54) is 6.42 Å². The number of carbonyl (C=O) groups excluding carboxylic acids is 1. The second kappa shape index (κ2) is 6.65. The number of piperidine rings is 1. The van der Waals surface area contributed by atoms with Crippen LogP contribution in [0.5, 0.6) is 0 Å². The van der Waals surface area contributed by atoms with Crippen LogP contribution in [0.3, 0.4) is 0 Å². The van der Waals surface area contributed by atoms with Crippen molar-refractivity contribution in [1.29, 1.82) is 0 Å². The Balaban J connectivity index is 1.29. The first kappa shape index (κ1) is 17.6. The van der Waals surface area contributed by atoms with Gasteiger partial charge in [0.1, 0.15) is 6.33 Å². The maximum Gasteiger partial charge on any atom is 0.222 e. The van der Waals surface area contributed by atoms with Crippen molar-refractivity contribution < 1.29 is 9.90 Å².